The summed E-state index contributed by atoms with van der Waals surface area (Å²) in [5.41, 5.74) is -0.0793. The lowest BCUT2D eigenvalue weighted by atomic mass is 9.92. The lowest BCUT2D eigenvalue weighted by Crippen LogP contribution is -2.46. The Labute approximate surface area is 161 Å². The second kappa shape index (κ2) is 8.59. The molecule has 1 aliphatic heterocycles. The first-order chi connectivity index (χ1) is 13.2. The summed E-state index contributed by atoms with van der Waals surface area (Å²) in [6.07, 6.45) is 0.555. The molecule has 0 bridgehead atoms. The van der Waals surface area contributed by atoms with Gasteiger partial charge in [-0.1, -0.05) is 13.3 Å². The summed E-state index contributed by atoms with van der Waals surface area (Å²) in [4.78, 5) is 35.8. The zero-order valence-electron chi connectivity index (χ0n) is 16.1. The number of amides is 2. The minimum absolute atomic E-state index is 0.0533. The van der Waals surface area contributed by atoms with Crippen LogP contribution in [0.2, 0.25) is 0 Å². The van der Waals surface area contributed by atoms with Crippen molar-refractivity contribution in [1.29, 1.82) is 0 Å². The molecular weight excluding hydrogens is 370 g/mol. The van der Waals surface area contributed by atoms with Crippen LogP contribution >= 0.6 is 0 Å². The van der Waals surface area contributed by atoms with E-state index in [2.05, 4.69) is 10.6 Å². The van der Waals surface area contributed by atoms with Gasteiger partial charge in [-0.15, -0.1) is 0 Å². The van der Waals surface area contributed by atoms with Crippen LogP contribution in [0.4, 0.5) is 10.5 Å². The van der Waals surface area contributed by atoms with Crippen molar-refractivity contribution < 1.29 is 29.1 Å². The van der Waals surface area contributed by atoms with E-state index in [0.29, 0.717) is 18.5 Å². The minimum Gasteiger partial charge on any atom is -0.504 e. The van der Waals surface area contributed by atoms with Crippen LogP contribution in [0.1, 0.15) is 45.2 Å². The highest BCUT2D eigenvalue weighted by molar-refractivity contribution is 5.95. The summed E-state index contributed by atoms with van der Waals surface area (Å²) >= 11 is 0. The standard InChI is InChI=1S/C18H23N3O7/c1-5-6-11-15(17(23)28-9(2)3)16(20-18(24)19-11)10-7-13(22)14(27-4)8-12(10)21(25)26/h7-9,16,22H,5-6H2,1-4H3,(H2,19,20,24). The first-order valence-electron chi connectivity index (χ1n) is 8.76. The largest absolute Gasteiger partial charge is 0.504 e. The van der Waals surface area contributed by atoms with E-state index in [1.54, 1.807) is 13.8 Å². The molecule has 1 aliphatic rings. The molecule has 0 spiro atoms. The Hall–Kier alpha value is -3.30. The molecule has 0 saturated carbocycles. The number of allylic oxidation sites excluding steroid dienone is 1. The maximum atomic E-state index is 12.7. The molecule has 2 rings (SSSR count). The Bertz CT molecular complexity index is 833. The Morgan fingerprint density at radius 1 is 1.39 bits per heavy atom. The molecule has 10 heteroatoms. The molecule has 152 valence electrons. The smallest absolute Gasteiger partial charge is 0.338 e. The van der Waals surface area contributed by atoms with Gasteiger partial charge in [-0.2, -0.15) is 0 Å². The van der Waals surface area contributed by atoms with E-state index in [0.717, 1.165) is 12.1 Å². The number of nitro benzene ring substituents is 1. The van der Waals surface area contributed by atoms with Crippen molar-refractivity contribution in [3.05, 3.63) is 39.1 Å². The van der Waals surface area contributed by atoms with Gasteiger partial charge in [-0.25, -0.2) is 9.59 Å². The van der Waals surface area contributed by atoms with Crippen LogP contribution < -0.4 is 15.4 Å². The van der Waals surface area contributed by atoms with Crippen molar-refractivity contribution >= 4 is 17.7 Å². The topological polar surface area (TPSA) is 140 Å². The number of carbonyl (C=O) groups is 2. The van der Waals surface area contributed by atoms with E-state index >= 15 is 0 Å². The number of rotatable bonds is 7. The fourth-order valence-electron chi connectivity index (χ4n) is 2.94. The van der Waals surface area contributed by atoms with Crippen LogP contribution in [-0.2, 0) is 9.53 Å². The Kier molecular flexibility index (Phi) is 6.45. The molecule has 0 fully saturated rings. The lowest BCUT2D eigenvalue weighted by molar-refractivity contribution is -0.385. The molecule has 28 heavy (non-hydrogen) atoms. The number of ether oxygens (including phenoxy) is 2. The van der Waals surface area contributed by atoms with E-state index in [4.69, 9.17) is 9.47 Å². The molecule has 3 N–H and O–H groups in total. The van der Waals surface area contributed by atoms with Crippen molar-refractivity contribution in [2.75, 3.05) is 7.11 Å². The van der Waals surface area contributed by atoms with Crippen LogP contribution in [0.25, 0.3) is 0 Å². The summed E-state index contributed by atoms with van der Waals surface area (Å²) in [6.45, 7) is 5.20. The SMILES string of the molecule is CCCC1=C(C(=O)OC(C)C)C(c2cc(O)c(OC)cc2[N+](=O)[O-])NC(=O)N1. The number of methoxy groups -OCH3 is 1. The number of esters is 1. The van der Waals surface area contributed by atoms with Gasteiger partial charge in [-0.3, -0.25) is 10.1 Å². The molecule has 1 aromatic carbocycles. The van der Waals surface area contributed by atoms with E-state index in [9.17, 15) is 24.8 Å². The van der Waals surface area contributed by atoms with Crippen molar-refractivity contribution in [3.63, 3.8) is 0 Å². The van der Waals surface area contributed by atoms with Gasteiger partial charge in [0.2, 0.25) is 0 Å². The average Bonchev–Trinajstić information content (AvgIpc) is 2.60. The Morgan fingerprint density at radius 2 is 2.07 bits per heavy atom. The number of nitrogens with one attached hydrogen (secondary N) is 2. The number of aromatic hydroxyl groups is 1. The highest BCUT2D eigenvalue weighted by Crippen LogP contribution is 2.40. The monoisotopic (exact) mass is 393 g/mol. The van der Waals surface area contributed by atoms with Crippen molar-refractivity contribution in [1.82, 2.24) is 10.6 Å². The van der Waals surface area contributed by atoms with Crippen molar-refractivity contribution in [2.24, 2.45) is 0 Å². The first-order valence-corrected chi connectivity index (χ1v) is 8.76. The number of phenols is 1. The molecule has 0 saturated heterocycles. The summed E-state index contributed by atoms with van der Waals surface area (Å²) in [6, 6.07) is 0.376. The van der Waals surface area contributed by atoms with Gasteiger partial charge in [0.05, 0.1) is 41.4 Å². The molecular formula is C18H23N3O7. The number of nitro groups is 1. The molecule has 1 aromatic rings. The van der Waals surface area contributed by atoms with Crippen LogP contribution in [0.5, 0.6) is 11.5 Å². The predicted octanol–water partition coefficient (Wildman–Crippen LogP) is 2.67. The highest BCUT2D eigenvalue weighted by Gasteiger charge is 2.38. The highest BCUT2D eigenvalue weighted by atomic mass is 16.6. The molecule has 0 radical (unpaired) electrons. The quantitative estimate of drug-likeness (QED) is 0.367. The third-order valence-electron chi connectivity index (χ3n) is 4.05. The first kappa shape index (κ1) is 21.0. The van der Waals surface area contributed by atoms with Crippen LogP contribution in [0, 0.1) is 10.1 Å². The third kappa shape index (κ3) is 4.33. The summed E-state index contributed by atoms with van der Waals surface area (Å²) in [5.74, 6) is -1.16. The van der Waals surface area contributed by atoms with Crippen LogP contribution in [0.15, 0.2) is 23.4 Å². The third-order valence-corrected chi connectivity index (χ3v) is 4.05. The van der Waals surface area contributed by atoms with E-state index in [-0.39, 0.29) is 22.6 Å². The maximum Gasteiger partial charge on any atom is 0.338 e. The number of phenolic OH excluding ortho intramolecular Hbond substituents is 1. The van der Waals surface area contributed by atoms with Crippen molar-refractivity contribution in [3.8, 4) is 11.5 Å². The second-order valence-corrected chi connectivity index (χ2v) is 6.47. The van der Waals surface area contributed by atoms with Crippen LogP contribution in [0.3, 0.4) is 0 Å². The number of hydrogen-bond acceptors (Lipinski definition) is 7. The normalized spacial score (nSPS) is 16.5. The predicted molar refractivity (Wildman–Crippen MR) is 98.9 cm³/mol. The van der Waals surface area contributed by atoms with E-state index in [1.165, 1.54) is 7.11 Å². The molecule has 2 amide bonds. The van der Waals surface area contributed by atoms with Gasteiger partial charge >= 0.3 is 12.0 Å². The molecule has 1 heterocycles. The zero-order valence-corrected chi connectivity index (χ0v) is 16.1. The van der Waals surface area contributed by atoms with Gasteiger partial charge in [-0.05, 0) is 26.3 Å². The molecule has 10 nitrogen and oxygen atoms in total. The van der Waals surface area contributed by atoms with E-state index < -0.39 is 34.8 Å². The Morgan fingerprint density at radius 3 is 2.61 bits per heavy atom. The number of hydrogen-bond donors (Lipinski definition) is 3. The molecule has 0 aromatic heterocycles. The van der Waals surface area contributed by atoms with Crippen LogP contribution in [-0.4, -0.2) is 35.2 Å². The summed E-state index contributed by atoms with van der Waals surface area (Å²) < 4.78 is 10.2. The van der Waals surface area contributed by atoms with Gasteiger partial charge in [0.25, 0.3) is 5.69 Å². The second-order valence-electron chi connectivity index (χ2n) is 6.47. The minimum atomic E-state index is -1.17. The zero-order chi connectivity index (χ0) is 21.0. The molecule has 0 aliphatic carbocycles. The molecule has 1 unspecified atom stereocenters. The lowest BCUT2D eigenvalue weighted by Gasteiger charge is -2.29. The number of benzene rings is 1. The Balaban J connectivity index is 2.70. The van der Waals surface area contributed by atoms with Gasteiger partial charge in [0.15, 0.2) is 11.5 Å². The molecule has 1 atom stereocenters. The fourth-order valence-corrected chi connectivity index (χ4v) is 2.94. The van der Waals surface area contributed by atoms with E-state index in [1.807, 2.05) is 6.92 Å². The number of nitrogens with zero attached hydrogens (tertiary/aromatic N) is 1. The average molecular weight is 393 g/mol. The summed E-state index contributed by atoms with van der Waals surface area (Å²) in [5, 5.41) is 26.8. The van der Waals surface area contributed by atoms with Crippen molar-refractivity contribution in [2.45, 2.75) is 45.8 Å². The maximum absolute atomic E-state index is 12.7. The van der Waals surface area contributed by atoms with Gasteiger partial charge < -0.3 is 25.2 Å². The number of carbonyl (C=O) groups excluding carboxylic acids is 2. The number of urea groups is 1. The van der Waals surface area contributed by atoms with Gasteiger partial charge in [0, 0.05) is 5.70 Å². The summed E-state index contributed by atoms with van der Waals surface area (Å²) in [7, 11) is 1.26. The van der Waals surface area contributed by atoms with Gasteiger partial charge in [0.1, 0.15) is 0 Å². The fraction of sp³-hybridized carbons (Fsp3) is 0.444.